The Balaban J connectivity index is 1.68. The summed E-state index contributed by atoms with van der Waals surface area (Å²) in [6.07, 6.45) is 0. The zero-order chi connectivity index (χ0) is 18.5. The highest BCUT2D eigenvalue weighted by atomic mass is 16.5. The Bertz CT molecular complexity index is 917. The second-order valence-electron chi connectivity index (χ2n) is 6.25. The van der Waals surface area contributed by atoms with Crippen LogP contribution in [0.3, 0.4) is 0 Å². The molecule has 1 N–H and O–H groups in total. The van der Waals surface area contributed by atoms with Crippen LogP contribution in [0.5, 0.6) is 5.75 Å². The Morgan fingerprint density at radius 1 is 1.08 bits per heavy atom. The summed E-state index contributed by atoms with van der Waals surface area (Å²) in [7, 11) is 0. The van der Waals surface area contributed by atoms with Crippen molar-refractivity contribution in [1.82, 2.24) is 4.98 Å². The third-order valence-electron chi connectivity index (χ3n) is 4.10. The van der Waals surface area contributed by atoms with Crippen LogP contribution in [0, 0.1) is 32.1 Å². The van der Waals surface area contributed by atoms with Crippen LogP contribution in [0.4, 0.5) is 5.88 Å². The van der Waals surface area contributed by atoms with Crippen LogP contribution in [-0.2, 0) is 13.2 Å². The Labute approximate surface area is 153 Å². The van der Waals surface area contributed by atoms with Crippen LogP contribution in [-0.4, -0.2) is 4.98 Å². The number of para-hydroxylation sites is 1. The quantitative estimate of drug-likeness (QED) is 0.702. The summed E-state index contributed by atoms with van der Waals surface area (Å²) in [5, 5.41) is 12.4. The smallest absolute Gasteiger partial charge is 0.236 e. The summed E-state index contributed by atoms with van der Waals surface area (Å²) in [5.41, 5.74) is 4.64. The number of benzene rings is 2. The molecule has 0 spiro atoms. The lowest BCUT2D eigenvalue weighted by Crippen LogP contribution is -2.00. The Morgan fingerprint density at radius 2 is 1.77 bits per heavy atom. The third kappa shape index (κ3) is 4.04. The molecule has 3 rings (SSSR count). The molecule has 3 aromatic rings. The fourth-order valence-electron chi connectivity index (χ4n) is 2.67. The van der Waals surface area contributed by atoms with E-state index in [1.165, 1.54) is 5.56 Å². The molecule has 0 saturated carbocycles. The molecule has 0 fully saturated rings. The monoisotopic (exact) mass is 347 g/mol. The molecule has 0 unspecified atom stereocenters. The highest BCUT2D eigenvalue weighted by molar-refractivity contribution is 5.46. The zero-order valence-corrected chi connectivity index (χ0v) is 15.2. The topological polar surface area (TPSA) is 71.1 Å². The number of nitrogens with one attached hydrogen (secondary N) is 1. The summed E-state index contributed by atoms with van der Waals surface area (Å²) in [6.45, 7) is 6.76. The van der Waals surface area contributed by atoms with E-state index in [0.717, 1.165) is 22.4 Å². The van der Waals surface area contributed by atoms with Gasteiger partial charge in [0.1, 0.15) is 11.8 Å². The number of rotatable bonds is 6. The molecule has 26 heavy (non-hydrogen) atoms. The molecule has 2 aromatic carbocycles. The number of oxazole rings is 1. The van der Waals surface area contributed by atoms with E-state index in [4.69, 9.17) is 9.15 Å². The van der Waals surface area contributed by atoms with E-state index >= 15 is 0 Å². The van der Waals surface area contributed by atoms with E-state index in [1.54, 1.807) is 0 Å². The molecule has 0 aliphatic heterocycles. The number of hydrogen-bond acceptors (Lipinski definition) is 5. The van der Waals surface area contributed by atoms with E-state index in [1.807, 2.05) is 63.2 Å². The lowest BCUT2D eigenvalue weighted by molar-refractivity contribution is 0.261. The minimum Gasteiger partial charge on any atom is -0.483 e. The molecule has 0 bridgehead atoms. The standard InChI is InChI=1S/C21H21N3O2/c1-14-7-9-17(10-8-14)12-23-21-18(11-22)24-19(26-21)13-25-20-15(2)5-4-6-16(20)3/h4-10,23H,12-13H2,1-3H3. The van der Waals surface area contributed by atoms with Crippen molar-refractivity contribution in [3.8, 4) is 11.8 Å². The molecule has 1 heterocycles. The van der Waals surface area contributed by atoms with Gasteiger partial charge in [0.15, 0.2) is 6.61 Å². The van der Waals surface area contributed by atoms with Crippen molar-refractivity contribution in [3.05, 3.63) is 76.3 Å². The van der Waals surface area contributed by atoms with E-state index in [-0.39, 0.29) is 12.3 Å². The van der Waals surface area contributed by atoms with Crippen molar-refractivity contribution in [1.29, 1.82) is 5.26 Å². The van der Waals surface area contributed by atoms with Gasteiger partial charge in [-0.15, -0.1) is 0 Å². The van der Waals surface area contributed by atoms with Crippen LogP contribution in [0.15, 0.2) is 46.9 Å². The van der Waals surface area contributed by atoms with Crippen LogP contribution < -0.4 is 10.1 Å². The number of aryl methyl sites for hydroxylation is 3. The number of ether oxygens (including phenoxy) is 1. The molecule has 0 saturated heterocycles. The first-order chi connectivity index (χ1) is 12.6. The van der Waals surface area contributed by atoms with Crippen molar-refractivity contribution in [2.24, 2.45) is 0 Å². The molecule has 0 atom stereocenters. The minimum absolute atomic E-state index is 0.173. The van der Waals surface area contributed by atoms with Crippen LogP contribution in [0.1, 0.15) is 33.8 Å². The third-order valence-corrected chi connectivity index (χ3v) is 4.10. The summed E-state index contributed by atoms with van der Waals surface area (Å²) >= 11 is 0. The molecule has 0 aliphatic carbocycles. The number of anilines is 1. The number of hydrogen-bond donors (Lipinski definition) is 1. The van der Waals surface area contributed by atoms with Gasteiger partial charge in [0.25, 0.3) is 0 Å². The van der Waals surface area contributed by atoms with Gasteiger partial charge in [0.2, 0.25) is 17.5 Å². The van der Waals surface area contributed by atoms with Gasteiger partial charge in [-0.25, -0.2) is 0 Å². The van der Waals surface area contributed by atoms with Gasteiger partial charge in [-0.05, 0) is 37.5 Å². The Morgan fingerprint density at radius 3 is 2.42 bits per heavy atom. The van der Waals surface area contributed by atoms with E-state index in [2.05, 4.69) is 16.4 Å². The van der Waals surface area contributed by atoms with E-state index in [9.17, 15) is 5.26 Å². The number of aromatic nitrogens is 1. The largest absolute Gasteiger partial charge is 0.483 e. The first-order valence-corrected chi connectivity index (χ1v) is 8.45. The van der Waals surface area contributed by atoms with Gasteiger partial charge in [-0.1, -0.05) is 48.0 Å². The maximum absolute atomic E-state index is 9.29. The molecule has 5 heteroatoms. The van der Waals surface area contributed by atoms with E-state index < -0.39 is 0 Å². The first kappa shape index (κ1) is 17.6. The van der Waals surface area contributed by atoms with Gasteiger partial charge in [-0.3, -0.25) is 0 Å². The molecule has 0 aliphatic rings. The maximum Gasteiger partial charge on any atom is 0.236 e. The number of nitriles is 1. The lowest BCUT2D eigenvalue weighted by atomic mass is 10.1. The average Bonchev–Trinajstić information content (AvgIpc) is 3.03. The van der Waals surface area contributed by atoms with Crippen molar-refractivity contribution in [3.63, 3.8) is 0 Å². The van der Waals surface area contributed by atoms with Gasteiger partial charge in [0, 0.05) is 6.54 Å². The zero-order valence-electron chi connectivity index (χ0n) is 15.2. The second kappa shape index (κ2) is 7.75. The van der Waals surface area contributed by atoms with Gasteiger partial charge in [0.05, 0.1) is 0 Å². The van der Waals surface area contributed by atoms with Crippen molar-refractivity contribution >= 4 is 5.88 Å². The molecule has 0 amide bonds. The molecule has 132 valence electrons. The summed E-state index contributed by atoms with van der Waals surface area (Å²) < 4.78 is 11.5. The molecule has 0 radical (unpaired) electrons. The molecular weight excluding hydrogens is 326 g/mol. The van der Waals surface area contributed by atoms with Crippen LogP contribution in [0.25, 0.3) is 0 Å². The lowest BCUT2D eigenvalue weighted by Gasteiger charge is -2.10. The highest BCUT2D eigenvalue weighted by Crippen LogP contribution is 2.24. The first-order valence-electron chi connectivity index (χ1n) is 8.45. The fraction of sp³-hybridized carbons (Fsp3) is 0.238. The molecule has 5 nitrogen and oxygen atoms in total. The molecule has 1 aromatic heterocycles. The van der Waals surface area contributed by atoms with Gasteiger partial charge in [-0.2, -0.15) is 10.2 Å². The second-order valence-corrected chi connectivity index (χ2v) is 6.25. The SMILES string of the molecule is Cc1ccc(CNc2oc(COc3c(C)cccc3C)nc2C#N)cc1. The van der Waals surface area contributed by atoms with E-state index in [0.29, 0.717) is 18.3 Å². The van der Waals surface area contributed by atoms with Crippen LogP contribution in [0.2, 0.25) is 0 Å². The van der Waals surface area contributed by atoms with Crippen molar-refractivity contribution in [2.45, 2.75) is 33.9 Å². The highest BCUT2D eigenvalue weighted by Gasteiger charge is 2.14. The maximum atomic E-state index is 9.29. The number of nitrogens with zero attached hydrogens (tertiary/aromatic N) is 2. The fourth-order valence-corrected chi connectivity index (χ4v) is 2.67. The minimum atomic E-state index is 0.173. The Kier molecular flexibility index (Phi) is 5.23. The predicted molar refractivity (Wildman–Crippen MR) is 100.0 cm³/mol. The van der Waals surface area contributed by atoms with Gasteiger partial charge < -0.3 is 14.5 Å². The van der Waals surface area contributed by atoms with Crippen molar-refractivity contribution < 1.29 is 9.15 Å². The molecular formula is C21H21N3O2. The summed E-state index contributed by atoms with van der Waals surface area (Å²) in [5.74, 6) is 1.56. The summed E-state index contributed by atoms with van der Waals surface area (Å²) in [6, 6.07) is 16.2. The van der Waals surface area contributed by atoms with Crippen LogP contribution >= 0.6 is 0 Å². The predicted octanol–water partition coefficient (Wildman–Crippen LogP) is 4.66. The van der Waals surface area contributed by atoms with Gasteiger partial charge >= 0.3 is 0 Å². The Hall–Kier alpha value is -3.26. The van der Waals surface area contributed by atoms with Crippen molar-refractivity contribution in [2.75, 3.05) is 5.32 Å². The average molecular weight is 347 g/mol. The summed E-state index contributed by atoms with van der Waals surface area (Å²) in [4.78, 5) is 4.21. The normalized spacial score (nSPS) is 10.4.